The molecule has 0 fully saturated rings. The molecule has 0 aliphatic carbocycles. The number of hydrogen-bond acceptors (Lipinski definition) is 4. The number of rotatable bonds is 3. The molecule has 14 heavy (non-hydrogen) atoms. The van der Waals surface area contributed by atoms with Crippen LogP contribution in [0.5, 0.6) is 0 Å². The van der Waals surface area contributed by atoms with Gasteiger partial charge >= 0.3 is 0 Å². The van der Waals surface area contributed by atoms with Crippen molar-refractivity contribution in [2.24, 2.45) is 0 Å². The van der Waals surface area contributed by atoms with Gasteiger partial charge in [0.15, 0.2) is 5.82 Å². The Kier molecular flexibility index (Phi) is 2.55. The minimum Gasteiger partial charge on any atom is -0.334 e. The van der Waals surface area contributed by atoms with Crippen LogP contribution in [0.1, 0.15) is 5.82 Å². The Balaban J connectivity index is 2.25. The van der Waals surface area contributed by atoms with Gasteiger partial charge in [0.25, 0.3) is 5.89 Å². The molecule has 0 bridgehead atoms. The third-order valence-electron chi connectivity index (χ3n) is 1.82. The van der Waals surface area contributed by atoms with Gasteiger partial charge in [-0.3, -0.25) is 0 Å². The highest BCUT2D eigenvalue weighted by Gasteiger charge is 2.06. The molecule has 72 valence electrons. The summed E-state index contributed by atoms with van der Waals surface area (Å²) in [4.78, 5) is 4.23. The van der Waals surface area contributed by atoms with Crippen LogP contribution in [0.4, 0.5) is 0 Å². The Bertz CT molecular complexity index is 397. The van der Waals surface area contributed by atoms with Gasteiger partial charge in [0.05, 0.1) is 6.54 Å². The van der Waals surface area contributed by atoms with Crippen molar-refractivity contribution in [2.45, 2.75) is 6.54 Å². The lowest BCUT2D eigenvalue weighted by atomic mass is 10.2. The van der Waals surface area contributed by atoms with Crippen LogP contribution >= 0.6 is 0 Å². The van der Waals surface area contributed by atoms with Crippen LogP contribution < -0.4 is 5.32 Å². The van der Waals surface area contributed by atoms with E-state index in [1.54, 1.807) is 0 Å². The molecule has 0 saturated heterocycles. The fourth-order valence-corrected chi connectivity index (χ4v) is 1.18. The zero-order valence-electron chi connectivity index (χ0n) is 7.90. The van der Waals surface area contributed by atoms with Crippen molar-refractivity contribution < 1.29 is 4.52 Å². The van der Waals surface area contributed by atoms with Gasteiger partial charge in [-0.1, -0.05) is 23.4 Å². The number of benzene rings is 1. The monoisotopic (exact) mass is 189 g/mol. The Hall–Kier alpha value is -1.68. The summed E-state index contributed by atoms with van der Waals surface area (Å²) < 4.78 is 5.10. The first-order valence-electron chi connectivity index (χ1n) is 4.43. The van der Waals surface area contributed by atoms with Crippen LogP contribution in [-0.2, 0) is 6.54 Å². The van der Waals surface area contributed by atoms with E-state index < -0.39 is 0 Å². The van der Waals surface area contributed by atoms with Crippen molar-refractivity contribution in [1.82, 2.24) is 15.5 Å². The fourth-order valence-electron chi connectivity index (χ4n) is 1.18. The molecule has 0 spiro atoms. The molecule has 0 aliphatic heterocycles. The molecular formula is C10H11N3O. The number of hydrogen-bond donors (Lipinski definition) is 1. The second kappa shape index (κ2) is 4.02. The summed E-state index contributed by atoms with van der Waals surface area (Å²) in [5.41, 5.74) is 0.947. The van der Waals surface area contributed by atoms with E-state index in [9.17, 15) is 0 Å². The molecule has 1 aromatic heterocycles. The normalized spacial score (nSPS) is 10.4. The molecule has 0 radical (unpaired) electrons. The van der Waals surface area contributed by atoms with E-state index in [4.69, 9.17) is 4.52 Å². The van der Waals surface area contributed by atoms with Crippen molar-refractivity contribution in [3.8, 4) is 11.5 Å². The smallest absolute Gasteiger partial charge is 0.257 e. The van der Waals surface area contributed by atoms with Gasteiger partial charge in [-0.2, -0.15) is 4.98 Å². The molecule has 2 rings (SSSR count). The largest absolute Gasteiger partial charge is 0.334 e. The molecule has 1 N–H and O–H groups in total. The van der Waals surface area contributed by atoms with Crippen LogP contribution in [0.25, 0.3) is 11.5 Å². The van der Waals surface area contributed by atoms with E-state index in [2.05, 4.69) is 15.5 Å². The van der Waals surface area contributed by atoms with Gasteiger partial charge in [0.1, 0.15) is 0 Å². The van der Waals surface area contributed by atoms with Crippen molar-refractivity contribution >= 4 is 0 Å². The lowest BCUT2D eigenvalue weighted by molar-refractivity contribution is 0.420. The third kappa shape index (κ3) is 1.80. The molecule has 0 aliphatic rings. The number of nitrogens with one attached hydrogen (secondary N) is 1. The average Bonchev–Trinajstić information content (AvgIpc) is 2.68. The minimum absolute atomic E-state index is 0.566. The molecule has 0 atom stereocenters. The van der Waals surface area contributed by atoms with Crippen LogP contribution in [-0.4, -0.2) is 17.2 Å². The molecular weight excluding hydrogens is 178 g/mol. The standard InChI is InChI=1S/C10H11N3O/c1-11-7-9-12-10(14-13-9)8-5-3-2-4-6-8/h2-6,11H,7H2,1H3. The summed E-state index contributed by atoms with van der Waals surface area (Å²) in [5.74, 6) is 1.24. The van der Waals surface area contributed by atoms with Crippen molar-refractivity contribution in [3.63, 3.8) is 0 Å². The Morgan fingerprint density at radius 3 is 2.79 bits per heavy atom. The van der Waals surface area contributed by atoms with Crippen LogP contribution in [0.15, 0.2) is 34.9 Å². The molecule has 1 aromatic carbocycles. The summed E-state index contributed by atoms with van der Waals surface area (Å²) in [5, 5.41) is 6.80. The number of nitrogens with zero attached hydrogens (tertiary/aromatic N) is 2. The van der Waals surface area contributed by atoms with E-state index in [0.717, 1.165) is 5.56 Å². The molecule has 2 aromatic rings. The van der Waals surface area contributed by atoms with E-state index in [1.807, 2.05) is 37.4 Å². The first kappa shape index (κ1) is 8.90. The van der Waals surface area contributed by atoms with Crippen molar-refractivity contribution in [1.29, 1.82) is 0 Å². The van der Waals surface area contributed by atoms with Crippen LogP contribution in [0.2, 0.25) is 0 Å². The van der Waals surface area contributed by atoms with Crippen molar-refractivity contribution in [2.75, 3.05) is 7.05 Å². The van der Waals surface area contributed by atoms with Crippen LogP contribution in [0, 0.1) is 0 Å². The molecule has 0 amide bonds. The highest BCUT2D eigenvalue weighted by atomic mass is 16.5. The second-order valence-electron chi connectivity index (χ2n) is 2.91. The van der Waals surface area contributed by atoms with Gasteiger partial charge < -0.3 is 9.84 Å². The summed E-state index contributed by atoms with van der Waals surface area (Å²) in [6.07, 6.45) is 0. The second-order valence-corrected chi connectivity index (χ2v) is 2.91. The number of aromatic nitrogens is 2. The van der Waals surface area contributed by atoms with Gasteiger partial charge in [-0.15, -0.1) is 0 Å². The topological polar surface area (TPSA) is 51.0 Å². The highest BCUT2D eigenvalue weighted by Crippen LogP contribution is 2.15. The van der Waals surface area contributed by atoms with E-state index >= 15 is 0 Å². The minimum atomic E-state index is 0.566. The summed E-state index contributed by atoms with van der Waals surface area (Å²) in [6, 6.07) is 9.72. The molecule has 0 saturated carbocycles. The molecule has 4 heteroatoms. The Morgan fingerprint density at radius 1 is 1.29 bits per heavy atom. The summed E-state index contributed by atoms with van der Waals surface area (Å²) in [7, 11) is 1.85. The van der Waals surface area contributed by atoms with Crippen molar-refractivity contribution in [3.05, 3.63) is 36.2 Å². The maximum absolute atomic E-state index is 5.10. The van der Waals surface area contributed by atoms with E-state index in [-0.39, 0.29) is 0 Å². The zero-order chi connectivity index (χ0) is 9.80. The summed E-state index contributed by atoms with van der Waals surface area (Å²) in [6.45, 7) is 0.621. The Labute approximate surface area is 82.0 Å². The fraction of sp³-hybridized carbons (Fsp3) is 0.200. The molecule has 4 nitrogen and oxygen atoms in total. The lowest BCUT2D eigenvalue weighted by Gasteiger charge is -1.90. The molecule has 1 heterocycles. The predicted octanol–water partition coefficient (Wildman–Crippen LogP) is 1.46. The van der Waals surface area contributed by atoms with E-state index in [1.165, 1.54) is 0 Å². The van der Waals surface area contributed by atoms with Gasteiger partial charge in [0, 0.05) is 5.56 Å². The highest BCUT2D eigenvalue weighted by molar-refractivity contribution is 5.51. The molecule has 0 unspecified atom stereocenters. The maximum atomic E-state index is 5.10. The predicted molar refractivity (Wildman–Crippen MR) is 52.5 cm³/mol. The third-order valence-corrected chi connectivity index (χ3v) is 1.82. The van der Waals surface area contributed by atoms with Gasteiger partial charge in [0.2, 0.25) is 0 Å². The first-order valence-corrected chi connectivity index (χ1v) is 4.43. The zero-order valence-corrected chi connectivity index (χ0v) is 7.90. The van der Waals surface area contributed by atoms with Crippen LogP contribution in [0.3, 0.4) is 0 Å². The van der Waals surface area contributed by atoms with Gasteiger partial charge in [-0.25, -0.2) is 0 Å². The lowest BCUT2D eigenvalue weighted by Crippen LogP contribution is -2.06. The maximum Gasteiger partial charge on any atom is 0.257 e. The first-order chi connectivity index (χ1) is 6.90. The quantitative estimate of drug-likeness (QED) is 0.794. The average molecular weight is 189 g/mol. The SMILES string of the molecule is CNCc1noc(-c2ccccc2)n1. The van der Waals surface area contributed by atoms with E-state index in [0.29, 0.717) is 18.3 Å². The Morgan fingerprint density at radius 2 is 2.07 bits per heavy atom. The summed E-state index contributed by atoms with van der Waals surface area (Å²) >= 11 is 0. The van der Waals surface area contributed by atoms with Gasteiger partial charge in [-0.05, 0) is 19.2 Å².